The highest BCUT2D eigenvalue weighted by Crippen LogP contribution is 2.36. The Morgan fingerprint density at radius 1 is 1.17 bits per heavy atom. The van der Waals surface area contributed by atoms with Crippen molar-refractivity contribution in [2.24, 2.45) is 0 Å². The van der Waals surface area contributed by atoms with Crippen molar-refractivity contribution >= 4 is 22.0 Å². The van der Waals surface area contributed by atoms with E-state index < -0.39 is 40.0 Å². The van der Waals surface area contributed by atoms with E-state index in [1.54, 1.807) is 37.3 Å². The Labute approximate surface area is 210 Å². The second kappa shape index (κ2) is 13.0. The van der Waals surface area contributed by atoms with E-state index >= 15 is 0 Å². The van der Waals surface area contributed by atoms with Gasteiger partial charge in [0.2, 0.25) is 0 Å². The van der Waals surface area contributed by atoms with Crippen LogP contribution in [-0.4, -0.2) is 46.4 Å². The summed E-state index contributed by atoms with van der Waals surface area (Å²) in [6.45, 7) is 9.05. The fraction of sp³-hybridized carbons (Fsp3) is 0.308. The molecule has 0 unspecified atom stereocenters. The van der Waals surface area contributed by atoms with Crippen molar-refractivity contribution in [3.8, 4) is 16.9 Å². The minimum Gasteiger partial charge on any atom is -0.489 e. The molecule has 2 rings (SSSR count). The summed E-state index contributed by atoms with van der Waals surface area (Å²) in [5.74, 6) is -1.48. The maximum absolute atomic E-state index is 14.1. The molecule has 1 amide bonds. The third kappa shape index (κ3) is 8.31. The largest absolute Gasteiger partial charge is 0.489 e. The van der Waals surface area contributed by atoms with Crippen molar-refractivity contribution in [3.63, 3.8) is 0 Å². The third-order valence-electron chi connectivity index (χ3n) is 5.08. The first-order valence-electron chi connectivity index (χ1n) is 11.0. The fourth-order valence-electron chi connectivity index (χ4n) is 3.58. The molecule has 10 heteroatoms. The second-order valence-corrected chi connectivity index (χ2v) is 9.58. The number of rotatable bonds is 13. The molecule has 2 atom stereocenters. The maximum atomic E-state index is 14.1. The summed E-state index contributed by atoms with van der Waals surface area (Å²) >= 11 is 0. The summed E-state index contributed by atoms with van der Waals surface area (Å²) in [6.07, 6.45) is 2.08. The second-order valence-electron chi connectivity index (χ2n) is 7.98. The highest BCUT2D eigenvalue weighted by molar-refractivity contribution is 7.86. The lowest BCUT2D eigenvalue weighted by atomic mass is 9.94. The van der Waals surface area contributed by atoms with Crippen LogP contribution in [0.3, 0.4) is 0 Å². The Hall–Kier alpha value is -3.50. The number of esters is 1. The number of methoxy groups -OCH3 is 1. The molecule has 2 aromatic carbocycles. The van der Waals surface area contributed by atoms with Crippen LogP contribution in [0.5, 0.6) is 5.75 Å². The highest BCUT2D eigenvalue weighted by atomic mass is 32.2. The van der Waals surface area contributed by atoms with Crippen LogP contribution in [0.2, 0.25) is 0 Å². The lowest BCUT2D eigenvalue weighted by molar-refractivity contribution is -0.141. The topological polar surface area (TPSA) is 108 Å². The van der Waals surface area contributed by atoms with Gasteiger partial charge in [0.15, 0.2) is 6.10 Å². The van der Waals surface area contributed by atoms with Gasteiger partial charge >= 0.3 is 5.97 Å². The molecular formula is C26H30FNO7S. The Morgan fingerprint density at radius 3 is 2.50 bits per heavy atom. The summed E-state index contributed by atoms with van der Waals surface area (Å²) < 4.78 is 52.6. The normalized spacial score (nSPS) is 12.8. The van der Waals surface area contributed by atoms with Gasteiger partial charge in [-0.3, -0.25) is 13.8 Å². The van der Waals surface area contributed by atoms with Crippen LogP contribution in [0.1, 0.15) is 30.0 Å². The van der Waals surface area contributed by atoms with Crippen LogP contribution in [0, 0.1) is 12.7 Å². The summed E-state index contributed by atoms with van der Waals surface area (Å²) in [6, 6.07) is 8.70. The molecule has 0 aliphatic rings. The van der Waals surface area contributed by atoms with E-state index in [1.165, 1.54) is 25.3 Å². The number of carbonyl (C=O) groups is 2. The van der Waals surface area contributed by atoms with E-state index in [0.717, 1.165) is 6.26 Å². The number of aryl methyl sites for hydroxylation is 1. The zero-order valence-electron chi connectivity index (χ0n) is 20.5. The number of hydrogen-bond acceptors (Lipinski definition) is 7. The average molecular weight is 520 g/mol. The van der Waals surface area contributed by atoms with E-state index in [9.17, 15) is 22.4 Å². The van der Waals surface area contributed by atoms with Crippen molar-refractivity contribution in [1.82, 2.24) is 5.32 Å². The Balaban J connectivity index is 2.50. The number of hydrogen-bond donors (Lipinski definition) is 1. The van der Waals surface area contributed by atoms with Gasteiger partial charge in [-0.25, -0.2) is 4.39 Å². The standard InChI is InChI=1S/C26H30FNO7S/c1-6-9-22(35-36(5,31)32)26(30)28-21(16-24(29)33-4)18-10-8-11-19(14-18)25-17(3)13-20(27)15-23(25)34-12-7-2/h6-8,10-11,13-15,21-22H,1-2,9,12,16H2,3-5H3,(H,28,30)/t21-,22+/m0/s1. The molecular weight excluding hydrogens is 489 g/mol. The zero-order valence-corrected chi connectivity index (χ0v) is 21.3. The van der Waals surface area contributed by atoms with Gasteiger partial charge in [-0.1, -0.05) is 36.9 Å². The molecule has 0 radical (unpaired) electrons. The molecule has 0 aromatic heterocycles. The van der Waals surface area contributed by atoms with Crippen LogP contribution in [0.15, 0.2) is 61.7 Å². The first kappa shape index (κ1) is 28.7. The summed E-state index contributed by atoms with van der Waals surface area (Å²) in [4.78, 5) is 25.0. The quantitative estimate of drug-likeness (QED) is 0.242. The SMILES string of the molecule is C=CCOc1cc(F)cc(C)c1-c1cccc([C@H](CC(=O)OC)NC(=O)[C@@H](CC=C)OS(C)(=O)=O)c1. The van der Waals surface area contributed by atoms with Gasteiger partial charge in [0.05, 0.1) is 25.8 Å². The Morgan fingerprint density at radius 2 is 1.89 bits per heavy atom. The fourth-order valence-corrected chi connectivity index (χ4v) is 4.16. The molecule has 8 nitrogen and oxygen atoms in total. The maximum Gasteiger partial charge on any atom is 0.307 e. The number of carbonyl (C=O) groups excluding carboxylic acids is 2. The third-order valence-corrected chi connectivity index (χ3v) is 5.66. The van der Waals surface area contributed by atoms with Crippen molar-refractivity contribution in [3.05, 3.63) is 78.7 Å². The van der Waals surface area contributed by atoms with E-state index in [2.05, 4.69) is 18.5 Å². The van der Waals surface area contributed by atoms with E-state index in [0.29, 0.717) is 28.0 Å². The molecule has 36 heavy (non-hydrogen) atoms. The molecule has 0 heterocycles. The molecule has 0 saturated heterocycles. The predicted octanol–water partition coefficient (Wildman–Crippen LogP) is 4.01. The van der Waals surface area contributed by atoms with Crippen molar-refractivity contribution in [2.45, 2.75) is 31.9 Å². The molecule has 2 aromatic rings. The molecule has 0 aliphatic heterocycles. The Kier molecular flexibility index (Phi) is 10.4. The van der Waals surface area contributed by atoms with Crippen LogP contribution in [0.4, 0.5) is 4.39 Å². The molecule has 0 saturated carbocycles. The van der Waals surface area contributed by atoms with Crippen LogP contribution in [-0.2, 0) is 28.6 Å². The van der Waals surface area contributed by atoms with E-state index in [-0.39, 0.29) is 19.4 Å². The minimum absolute atomic E-state index is 0.0668. The smallest absolute Gasteiger partial charge is 0.307 e. The molecule has 0 fully saturated rings. The Bertz CT molecular complexity index is 1230. The lowest BCUT2D eigenvalue weighted by Gasteiger charge is -2.22. The zero-order chi connectivity index (χ0) is 26.9. The van der Waals surface area contributed by atoms with E-state index in [1.807, 2.05) is 0 Å². The molecule has 0 aliphatic carbocycles. The van der Waals surface area contributed by atoms with Crippen molar-refractivity contribution in [1.29, 1.82) is 0 Å². The van der Waals surface area contributed by atoms with Gasteiger partial charge in [-0.2, -0.15) is 8.42 Å². The van der Waals surface area contributed by atoms with Crippen LogP contribution in [0.25, 0.3) is 11.1 Å². The lowest BCUT2D eigenvalue weighted by Crippen LogP contribution is -2.40. The minimum atomic E-state index is -3.93. The molecule has 0 spiro atoms. The summed E-state index contributed by atoms with van der Waals surface area (Å²) in [5.41, 5.74) is 2.44. The number of ether oxygens (including phenoxy) is 2. The number of benzene rings is 2. The molecule has 1 N–H and O–H groups in total. The number of amides is 1. The van der Waals surface area contributed by atoms with Gasteiger partial charge < -0.3 is 14.8 Å². The average Bonchev–Trinajstić information content (AvgIpc) is 2.80. The molecule has 0 bridgehead atoms. The van der Waals surface area contributed by atoms with Crippen LogP contribution < -0.4 is 10.1 Å². The van der Waals surface area contributed by atoms with Crippen LogP contribution >= 0.6 is 0 Å². The van der Waals surface area contributed by atoms with Gasteiger partial charge in [0.1, 0.15) is 18.2 Å². The van der Waals surface area contributed by atoms with Gasteiger partial charge in [0.25, 0.3) is 16.0 Å². The number of nitrogens with one attached hydrogen (secondary N) is 1. The van der Waals surface area contributed by atoms with Gasteiger partial charge in [-0.15, -0.1) is 6.58 Å². The molecule has 194 valence electrons. The number of halogens is 1. The van der Waals surface area contributed by atoms with Gasteiger partial charge in [-0.05, 0) is 35.7 Å². The first-order chi connectivity index (χ1) is 17.0. The van der Waals surface area contributed by atoms with E-state index in [4.69, 9.17) is 13.7 Å². The highest BCUT2D eigenvalue weighted by Gasteiger charge is 2.27. The first-order valence-corrected chi connectivity index (χ1v) is 12.8. The van der Waals surface area contributed by atoms with Crippen molar-refractivity contribution in [2.75, 3.05) is 20.0 Å². The van der Waals surface area contributed by atoms with Crippen molar-refractivity contribution < 1.29 is 36.1 Å². The monoisotopic (exact) mass is 519 g/mol. The predicted molar refractivity (Wildman–Crippen MR) is 134 cm³/mol. The summed E-state index contributed by atoms with van der Waals surface area (Å²) in [7, 11) is -2.72. The summed E-state index contributed by atoms with van der Waals surface area (Å²) in [5, 5.41) is 2.68. The van der Waals surface area contributed by atoms with Gasteiger partial charge in [0, 0.05) is 18.1 Å².